The lowest BCUT2D eigenvalue weighted by Crippen LogP contribution is -2.25. The van der Waals surface area contributed by atoms with Crippen molar-refractivity contribution < 1.29 is 0 Å². The van der Waals surface area contributed by atoms with Crippen LogP contribution in [0.3, 0.4) is 0 Å². The zero-order valence-corrected chi connectivity index (χ0v) is 13.5. The van der Waals surface area contributed by atoms with Crippen molar-refractivity contribution in [1.82, 2.24) is 0 Å². The molecule has 1 rings (SSSR count). The molecule has 0 heteroatoms. The van der Waals surface area contributed by atoms with E-state index >= 15 is 0 Å². The molecule has 108 valence electrons. The third kappa shape index (κ3) is 5.76. The Morgan fingerprint density at radius 3 is 2.06 bits per heavy atom. The minimum atomic E-state index is 0.885. The van der Waals surface area contributed by atoms with Gasteiger partial charge in [-0.25, -0.2) is 0 Å². The van der Waals surface area contributed by atoms with Crippen molar-refractivity contribution in [3.8, 4) is 0 Å². The average molecular weight is 252 g/mol. The van der Waals surface area contributed by atoms with Gasteiger partial charge < -0.3 is 0 Å². The maximum Gasteiger partial charge on any atom is -0.0363 e. The first-order chi connectivity index (χ1) is 8.50. The first-order valence-electron chi connectivity index (χ1n) is 8.50. The molecule has 18 heavy (non-hydrogen) atoms. The molecule has 0 spiro atoms. The summed E-state index contributed by atoms with van der Waals surface area (Å²) in [6.45, 7) is 12.1. The van der Waals surface area contributed by atoms with Gasteiger partial charge in [0.25, 0.3) is 0 Å². The highest BCUT2D eigenvalue weighted by molar-refractivity contribution is 4.78. The lowest BCUT2D eigenvalue weighted by molar-refractivity contribution is 0.157. The predicted molar refractivity (Wildman–Crippen MR) is 82.8 cm³/mol. The molecule has 0 aromatic heterocycles. The standard InChI is InChI=1S/C18H36/c1-14(2)8-6-9-15(3)12-13-18-16(4)10-7-11-17(18)5/h14-18H,6-13H2,1-5H3. The number of rotatable bonds is 7. The fraction of sp³-hybridized carbons (Fsp3) is 1.00. The van der Waals surface area contributed by atoms with Gasteiger partial charge in [0.1, 0.15) is 0 Å². The molecule has 0 nitrogen and oxygen atoms in total. The first-order valence-corrected chi connectivity index (χ1v) is 8.50. The molecule has 0 radical (unpaired) electrons. The molecule has 1 aliphatic carbocycles. The quantitative estimate of drug-likeness (QED) is 0.498. The molecule has 3 atom stereocenters. The summed E-state index contributed by atoms with van der Waals surface area (Å²) in [4.78, 5) is 0. The van der Waals surface area contributed by atoms with Gasteiger partial charge in [-0.2, -0.15) is 0 Å². The minimum absolute atomic E-state index is 0.885. The maximum atomic E-state index is 2.49. The Morgan fingerprint density at radius 2 is 1.50 bits per heavy atom. The fourth-order valence-corrected chi connectivity index (χ4v) is 3.82. The van der Waals surface area contributed by atoms with Crippen molar-refractivity contribution in [3.05, 3.63) is 0 Å². The van der Waals surface area contributed by atoms with Crippen molar-refractivity contribution in [1.29, 1.82) is 0 Å². The molecule has 0 heterocycles. The van der Waals surface area contributed by atoms with Crippen molar-refractivity contribution in [3.63, 3.8) is 0 Å². The van der Waals surface area contributed by atoms with Crippen LogP contribution in [0.1, 0.15) is 86.0 Å². The molecule has 1 fully saturated rings. The predicted octanol–water partition coefficient (Wildman–Crippen LogP) is 6.30. The van der Waals surface area contributed by atoms with Gasteiger partial charge in [0.2, 0.25) is 0 Å². The van der Waals surface area contributed by atoms with Crippen LogP contribution in [0.15, 0.2) is 0 Å². The van der Waals surface area contributed by atoms with Gasteiger partial charge in [-0.05, 0) is 36.0 Å². The monoisotopic (exact) mass is 252 g/mol. The van der Waals surface area contributed by atoms with Gasteiger partial charge >= 0.3 is 0 Å². The third-order valence-corrected chi connectivity index (χ3v) is 5.25. The topological polar surface area (TPSA) is 0 Å². The third-order valence-electron chi connectivity index (χ3n) is 5.25. The summed E-state index contributed by atoms with van der Waals surface area (Å²) in [6.07, 6.45) is 11.7. The molecule has 0 aromatic carbocycles. The number of hydrogen-bond acceptors (Lipinski definition) is 0. The van der Waals surface area contributed by atoms with Crippen LogP contribution in [0.2, 0.25) is 0 Å². The Kier molecular flexibility index (Phi) is 7.34. The van der Waals surface area contributed by atoms with Gasteiger partial charge in [-0.3, -0.25) is 0 Å². The smallest absolute Gasteiger partial charge is 0.0363 e. The van der Waals surface area contributed by atoms with Crippen molar-refractivity contribution >= 4 is 0 Å². The van der Waals surface area contributed by atoms with E-state index in [0.717, 1.165) is 29.6 Å². The Balaban J connectivity index is 2.18. The lowest BCUT2D eigenvalue weighted by atomic mass is 9.71. The molecule has 1 aliphatic rings. The van der Waals surface area contributed by atoms with E-state index in [1.807, 2.05) is 0 Å². The molecule has 0 saturated heterocycles. The molecular weight excluding hydrogens is 216 g/mol. The molecule has 0 bridgehead atoms. The highest BCUT2D eigenvalue weighted by Crippen LogP contribution is 2.38. The SMILES string of the molecule is CC(C)CCCC(C)CCC1C(C)CCCC1C. The lowest BCUT2D eigenvalue weighted by Gasteiger charge is -2.35. The molecule has 0 N–H and O–H groups in total. The van der Waals surface area contributed by atoms with Crippen molar-refractivity contribution in [2.75, 3.05) is 0 Å². The van der Waals surface area contributed by atoms with E-state index in [0.29, 0.717) is 0 Å². The van der Waals surface area contributed by atoms with Crippen LogP contribution in [0.25, 0.3) is 0 Å². The number of hydrogen-bond donors (Lipinski definition) is 0. The van der Waals surface area contributed by atoms with Gasteiger partial charge in [-0.15, -0.1) is 0 Å². The van der Waals surface area contributed by atoms with Crippen LogP contribution in [0.4, 0.5) is 0 Å². The summed E-state index contributed by atoms with van der Waals surface area (Å²) < 4.78 is 0. The van der Waals surface area contributed by atoms with E-state index in [9.17, 15) is 0 Å². The highest BCUT2D eigenvalue weighted by atomic mass is 14.3. The second kappa shape index (κ2) is 8.23. The van der Waals surface area contributed by atoms with Crippen LogP contribution < -0.4 is 0 Å². The zero-order valence-electron chi connectivity index (χ0n) is 13.5. The second-order valence-electron chi connectivity index (χ2n) is 7.56. The summed E-state index contributed by atoms with van der Waals surface area (Å²) in [5.74, 6) is 4.82. The summed E-state index contributed by atoms with van der Waals surface area (Å²) in [7, 11) is 0. The first kappa shape index (κ1) is 16.1. The van der Waals surface area contributed by atoms with Gasteiger partial charge in [-0.1, -0.05) is 79.6 Å². The van der Waals surface area contributed by atoms with Gasteiger partial charge in [0.05, 0.1) is 0 Å². The molecule has 0 aliphatic heterocycles. The van der Waals surface area contributed by atoms with E-state index in [2.05, 4.69) is 34.6 Å². The van der Waals surface area contributed by atoms with Crippen molar-refractivity contribution in [2.45, 2.75) is 86.0 Å². The largest absolute Gasteiger partial charge is 0.0628 e. The second-order valence-corrected chi connectivity index (χ2v) is 7.56. The zero-order chi connectivity index (χ0) is 13.5. The van der Waals surface area contributed by atoms with E-state index in [1.165, 1.54) is 51.4 Å². The van der Waals surface area contributed by atoms with Gasteiger partial charge in [0.15, 0.2) is 0 Å². The highest BCUT2D eigenvalue weighted by Gasteiger charge is 2.27. The van der Waals surface area contributed by atoms with Crippen LogP contribution in [0.5, 0.6) is 0 Å². The fourth-order valence-electron chi connectivity index (χ4n) is 3.82. The Morgan fingerprint density at radius 1 is 0.889 bits per heavy atom. The van der Waals surface area contributed by atoms with E-state index in [-0.39, 0.29) is 0 Å². The summed E-state index contributed by atoms with van der Waals surface area (Å²) in [6, 6.07) is 0. The van der Waals surface area contributed by atoms with E-state index in [1.54, 1.807) is 0 Å². The summed E-state index contributed by atoms with van der Waals surface area (Å²) >= 11 is 0. The average Bonchev–Trinajstić information content (AvgIpc) is 2.27. The molecular formula is C18H36. The van der Waals surface area contributed by atoms with Gasteiger partial charge in [0, 0.05) is 0 Å². The normalized spacial score (nSPS) is 30.7. The summed E-state index contributed by atoms with van der Waals surface area (Å²) in [5.41, 5.74) is 0. The Labute approximate surface area is 116 Å². The molecule has 0 amide bonds. The Hall–Kier alpha value is 0. The van der Waals surface area contributed by atoms with E-state index < -0.39 is 0 Å². The van der Waals surface area contributed by atoms with Crippen LogP contribution in [-0.4, -0.2) is 0 Å². The molecule has 0 aromatic rings. The summed E-state index contributed by atoms with van der Waals surface area (Å²) in [5, 5.41) is 0. The maximum absolute atomic E-state index is 2.49. The molecule has 3 unspecified atom stereocenters. The molecule has 1 saturated carbocycles. The van der Waals surface area contributed by atoms with Crippen LogP contribution in [-0.2, 0) is 0 Å². The van der Waals surface area contributed by atoms with Crippen LogP contribution >= 0.6 is 0 Å². The van der Waals surface area contributed by atoms with Crippen molar-refractivity contribution in [2.24, 2.45) is 29.6 Å². The van der Waals surface area contributed by atoms with E-state index in [4.69, 9.17) is 0 Å². The van der Waals surface area contributed by atoms with Crippen LogP contribution in [0, 0.1) is 29.6 Å². The Bertz CT molecular complexity index is 196. The minimum Gasteiger partial charge on any atom is -0.0628 e.